The van der Waals surface area contributed by atoms with Crippen LogP contribution in [0, 0.1) is 0 Å². The van der Waals surface area contributed by atoms with E-state index in [4.69, 9.17) is 15.2 Å². The van der Waals surface area contributed by atoms with Crippen molar-refractivity contribution >= 4 is 23.9 Å². The molecule has 1 aromatic carbocycles. The number of rotatable bonds is 7. The zero-order valence-electron chi connectivity index (χ0n) is 13.1. The van der Waals surface area contributed by atoms with Crippen LogP contribution < -0.4 is 20.5 Å². The van der Waals surface area contributed by atoms with E-state index in [1.165, 1.54) is 19.3 Å². The largest absolute Gasteiger partial charge is 0.493 e. The van der Waals surface area contributed by atoms with Crippen molar-refractivity contribution in [1.82, 2.24) is 10.2 Å². The molecule has 0 saturated carbocycles. The van der Waals surface area contributed by atoms with Crippen molar-refractivity contribution < 1.29 is 23.9 Å². The first-order valence-electron chi connectivity index (χ1n) is 7.01. The number of hydrogen-bond donors (Lipinski definition) is 2. The molecule has 126 valence electrons. The number of ether oxygens (including phenoxy) is 2. The summed E-state index contributed by atoms with van der Waals surface area (Å²) in [7, 11) is 1.44. The number of amides is 4. The second kappa shape index (κ2) is 7.32. The first kappa shape index (κ1) is 17.1. The fraction of sp³-hybridized carbons (Fsp3) is 0.188. The van der Waals surface area contributed by atoms with Gasteiger partial charge in [0.05, 0.1) is 7.11 Å². The van der Waals surface area contributed by atoms with Crippen LogP contribution in [0.2, 0.25) is 0 Å². The number of carbonyl (C=O) groups excluding carboxylic acids is 3. The van der Waals surface area contributed by atoms with E-state index in [2.05, 4.69) is 11.9 Å². The Kier molecular flexibility index (Phi) is 5.20. The summed E-state index contributed by atoms with van der Waals surface area (Å²) in [6.45, 7) is 3.36. The second-order valence-corrected chi connectivity index (χ2v) is 4.86. The summed E-state index contributed by atoms with van der Waals surface area (Å²) >= 11 is 0. The van der Waals surface area contributed by atoms with E-state index in [1.807, 2.05) is 0 Å². The van der Waals surface area contributed by atoms with Gasteiger partial charge in [-0.2, -0.15) is 0 Å². The molecule has 0 radical (unpaired) electrons. The van der Waals surface area contributed by atoms with Crippen molar-refractivity contribution in [3.63, 3.8) is 0 Å². The van der Waals surface area contributed by atoms with Crippen LogP contribution >= 0.6 is 0 Å². The van der Waals surface area contributed by atoms with Gasteiger partial charge in [-0.1, -0.05) is 12.1 Å². The molecule has 0 bridgehead atoms. The second-order valence-electron chi connectivity index (χ2n) is 4.86. The van der Waals surface area contributed by atoms with Crippen LogP contribution in [0.4, 0.5) is 4.79 Å². The Morgan fingerprint density at radius 3 is 2.75 bits per heavy atom. The van der Waals surface area contributed by atoms with Gasteiger partial charge in [-0.05, 0) is 23.8 Å². The van der Waals surface area contributed by atoms with E-state index in [-0.39, 0.29) is 18.8 Å². The quantitative estimate of drug-likeness (QED) is 0.433. The van der Waals surface area contributed by atoms with Gasteiger partial charge < -0.3 is 20.5 Å². The van der Waals surface area contributed by atoms with Gasteiger partial charge in [-0.15, -0.1) is 6.58 Å². The predicted octanol–water partition coefficient (Wildman–Crippen LogP) is 0.638. The third kappa shape index (κ3) is 3.72. The molecule has 0 aliphatic carbocycles. The third-order valence-corrected chi connectivity index (χ3v) is 3.14. The molecule has 4 amide bonds. The number of benzene rings is 1. The minimum Gasteiger partial charge on any atom is -0.493 e. The molecule has 1 aromatic rings. The Balaban J connectivity index is 2.23. The highest BCUT2D eigenvalue weighted by Gasteiger charge is 2.32. The molecule has 8 heteroatoms. The maximum Gasteiger partial charge on any atom is 0.329 e. The molecule has 3 N–H and O–H groups in total. The minimum atomic E-state index is -0.607. The smallest absolute Gasteiger partial charge is 0.329 e. The lowest BCUT2D eigenvalue weighted by molar-refractivity contribution is -0.122. The summed E-state index contributed by atoms with van der Waals surface area (Å²) < 4.78 is 10.4. The van der Waals surface area contributed by atoms with Crippen LogP contribution in [0.15, 0.2) is 36.6 Å². The molecule has 1 saturated heterocycles. The van der Waals surface area contributed by atoms with E-state index >= 15 is 0 Å². The molecule has 0 spiro atoms. The van der Waals surface area contributed by atoms with Gasteiger partial charge in [0.25, 0.3) is 11.8 Å². The summed E-state index contributed by atoms with van der Waals surface area (Å²) in [6, 6.07) is 4.34. The molecule has 1 heterocycles. The highest BCUT2D eigenvalue weighted by Crippen LogP contribution is 2.29. The number of primary amides is 1. The van der Waals surface area contributed by atoms with Gasteiger partial charge >= 0.3 is 6.03 Å². The summed E-state index contributed by atoms with van der Waals surface area (Å²) in [5.74, 6) is -0.336. The molecule has 1 aliphatic rings. The SMILES string of the molecule is C=CCN1C(=O)N/C(=C/c2ccc(OCC(N)=O)c(OC)c2)C1=O. The Morgan fingerprint density at radius 1 is 1.38 bits per heavy atom. The van der Waals surface area contributed by atoms with Crippen LogP contribution in [0.5, 0.6) is 11.5 Å². The molecule has 1 aliphatic heterocycles. The van der Waals surface area contributed by atoms with Gasteiger partial charge in [0.1, 0.15) is 5.70 Å². The number of hydrogen-bond acceptors (Lipinski definition) is 5. The first-order chi connectivity index (χ1) is 11.5. The molecule has 0 aromatic heterocycles. The summed E-state index contributed by atoms with van der Waals surface area (Å²) in [6.07, 6.45) is 2.98. The van der Waals surface area contributed by atoms with Crippen LogP contribution in [0.1, 0.15) is 5.56 Å². The molecule has 1 fully saturated rings. The maximum atomic E-state index is 12.1. The van der Waals surface area contributed by atoms with Crippen molar-refractivity contribution in [3.8, 4) is 11.5 Å². The Hall–Kier alpha value is -3.29. The highest BCUT2D eigenvalue weighted by molar-refractivity contribution is 6.14. The minimum absolute atomic E-state index is 0.130. The number of carbonyl (C=O) groups is 3. The van der Waals surface area contributed by atoms with Crippen LogP contribution in [0.3, 0.4) is 0 Å². The number of methoxy groups -OCH3 is 1. The topological polar surface area (TPSA) is 111 Å². The fourth-order valence-electron chi connectivity index (χ4n) is 2.08. The zero-order chi connectivity index (χ0) is 17.7. The van der Waals surface area contributed by atoms with E-state index in [0.717, 1.165) is 4.90 Å². The number of urea groups is 1. The van der Waals surface area contributed by atoms with Gasteiger partial charge in [0.15, 0.2) is 18.1 Å². The lowest BCUT2D eigenvalue weighted by atomic mass is 10.1. The first-order valence-corrected chi connectivity index (χ1v) is 7.01. The Bertz CT molecular complexity index is 726. The average molecular weight is 331 g/mol. The normalized spacial score (nSPS) is 15.4. The van der Waals surface area contributed by atoms with Gasteiger partial charge in [0, 0.05) is 6.54 Å². The zero-order valence-corrected chi connectivity index (χ0v) is 13.1. The summed E-state index contributed by atoms with van der Waals surface area (Å²) in [5.41, 5.74) is 5.79. The summed E-state index contributed by atoms with van der Waals surface area (Å²) in [4.78, 5) is 35.7. The number of nitrogens with zero attached hydrogens (tertiary/aromatic N) is 1. The summed E-state index contributed by atoms with van der Waals surface area (Å²) in [5, 5.41) is 2.50. The van der Waals surface area contributed by atoms with Crippen LogP contribution in [-0.2, 0) is 9.59 Å². The molecule has 0 unspecified atom stereocenters. The van der Waals surface area contributed by atoms with Gasteiger partial charge in [0.2, 0.25) is 0 Å². The van der Waals surface area contributed by atoms with E-state index in [9.17, 15) is 14.4 Å². The maximum absolute atomic E-state index is 12.1. The molecule has 0 atom stereocenters. The fourth-order valence-corrected chi connectivity index (χ4v) is 2.08. The van der Waals surface area contributed by atoms with Crippen molar-refractivity contribution in [2.75, 3.05) is 20.3 Å². The molecule has 2 rings (SSSR count). The van der Waals surface area contributed by atoms with Gasteiger partial charge in [-0.25, -0.2) is 4.79 Å². The number of nitrogens with two attached hydrogens (primary N) is 1. The monoisotopic (exact) mass is 331 g/mol. The Labute approximate surface area is 138 Å². The number of imide groups is 1. The van der Waals surface area contributed by atoms with Crippen molar-refractivity contribution in [3.05, 3.63) is 42.1 Å². The van der Waals surface area contributed by atoms with Crippen molar-refractivity contribution in [2.24, 2.45) is 5.73 Å². The third-order valence-electron chi connectivity index (χ3n) is 3.14. The molecule has 8 nitrogen and oxygen atoms in total. The highest BCUT2D eigenvalue weighted by atomic mass is 16.5. The molecule has 24 heavy (non-hydrogen) atoms. The molecular weight excluding hydrogens is 314 g/mol. The predicted molar refractivity (Wildman–Crippen MR) is 86.1 cm³/mol. The van der Waals surface area contributed by atoms with E-state index < -0.39 is 17.8 Å². The van der Waals surface area contributed by atoms with E-state index in [0.29, 0.717) is 17.1 Å². The van der Waals surface area contributed by atoms with Gasteiger partial charge in [-0.3, -0.25) is 14.5 Å². The van der Waals surface area contributed by atoms with Crippen LogP contribution in [0.25, 0.3) is 6.08 Å². The lowest BCUT2D eigenvalue weighted by Gasteiger charge is -2.10. The standard InChI is InChI=1S/C16H17N3O5/c1-3-6-19-15(21)11(18-16(19)22)7-10-4-5-12(13(8-10)23-2)24-9-14(17)20/h3-5,7-8H,1,6,9H2,2H3,(H2,17,20)(H,18,22)/b11-7+. The average Bonchev–Trinajstić information content (AvgIpc) is 2.81. The van der Waals surface area contributed by atoms with Crippen molar-refractivity contribution in [1.29, 1.82) is 0 Å². The van der Waals surface area contributed by atoms with E-state index in [1.54, 1.807) is 18.2 Å². The Morgan fingerprint density at radius 2 is 2.12 bits per heavy atom. The molecular formula is C16H17N3O5. The number of nitrogens with one attached hydrogen (secondary N) is 1. The lowest BCUT2D eigenvalue weighted by Crippen LogP contribution is -2.30. The van der Waals surface area contributed by atoms with Crippen molar-refractivity contribution in [2.45, 2.75) is 0 Å². The van der Waals surface area contributed by atoms with Crippen LogP contribution in [-0.4, -0.2) is 43.0 Å².